The van der Waals surface area contributed by atoms with Gasteiger partial charge in [-0.3, -0.25) is 4.68 Å². The Labute approximate surface area is 129 Å². The van der Waals surface area contributed by atoms with Crippen molar-refractivity contribution in [2.24, 2.45) is 7.05 Å². The summed E-state index contributed by atoms with van der Waals surface area (Å²) in [6, 6.07) is 6.35. The van der Waals surface area contributed by atoms with Gasteiger partial charge in [0.2, 0.25) is 0 Å². The Morgan fingerprint density at radius 2 is 1.81 bits per heavy atom. The van der Waals surface area contributed by atoms with Gasteiger partial charge in [0.15, 0.2) is 5.11 Å². The van der Waals surface area contributed by atoms with Crippen LogP contribution in [0.2, 0.25) is 0 Å². The molecule has 21 heavy (non-hydrogen) atoms. The SMILES string of the molecule is Cc1nn(C)c(C)c1CNC(=S)NCc1ccc(F)cc1. The van der Waals surface area contributed by atoms with Gasteiger partial charge in [-0.15, -0.1) is 0 Å². The minimum atomic E-state index is -0.234. The minimum Gasteiger partial charge on any atom is -0.359 e. The fraction of sp³-hybridized carbons (Fsp3) is 0.333. The zero-order chi connectivity index (χ0) is 15.4. The third-order valence-electron chi connectivity index (χ3n) is 3.45. The molecule has 0 aliphatic carbocycles. The highest BCUT2D eigenvalue weighted by Gasteiger charge is 2.09. The Balaban J connectivity index is 1.83. The van der Waals surface area contributed by atoms with E-state index in [0.29, 0.717) is 18.2 Å². The summed E-state index contributed by atoms with van der Waals surface area (Å²) in [5.74, 6) is -0.234. The second kappa shape index (κ2) is 6.67. The van der Waals surface area contributed by atoms with E-state index in [0.717, 1.165) is 22.5 Å². The Hall–Kier alpha value is -1.95. The van der Waals surface area contributed by atoms with E-state index in [1.807, 2.05) is 25.6 Å². The van der Waals surface area contributed by atoms with Crippen molar-refractivity contribution in [3.05, 3.63) is 52.6 Å². The molecule has 2 N–H and O–H groups in total. The smallest absolute Gasteiger partial charge is 0.166 e. The zero-order valence-corrected chi connectivity index (χ0v) is 13.2. The topological polar surface area (TPSA) is 41.9 Å². The molecule has 1 aromatic carbocycles. The van der Waals surface area contributed by atoms with Gasteiger partial charge in [-0.1, -0.05) is 12.1 Å². The third-order valence-corrected chi connectivity index (χ3v) is 3.74. The number of halogens is 1. The van der Waals surface area contributed by atoms with Gasteiger partial charge in [-0.05, 0) is 43.8 Å². The Morgan fingerprint density at radius 1 is 1.19 bits per heavy atom. The molecule has 2 rings (SSSR count). The van der Waals surface area contributed by atoms with Gasteiger partial charge in [0.05, 0.1) is 5.69 Å². The van der Waals surface area contributed by atoms with Crippen LogP contribution in [-0.4, -0.2) is 14.9 Å². The van der Waals surface area contributed by atoms with Crippen molar-refractivity contribution in [1.29, 1.82) is 0 Å². The molecule has 0 aliphatic heterocycles. The van der Waals surface area contributed by atoms with Crippen LogP contribution in [0.4, 0.5) is 4.39 Å². The summed E-state index contributed by atoms with van der Waals surface area (Å²) < 4.78 is 14.7. The predicted molar refractivity (Wildman–Crippen MR) is 85.4 cm³/mol. The molecule has 0 saturated heterocycles. The lowest BCUT2D eigenvalue weighted by molar-refractivity contribution is 0.626. The van der Waals surface area contributed by atoms with E-state index in [-0.39, 0.29) is 5.82 Å². The lowest BCUT2D eigenvalue weighted by atomic mass is 10.2. The lowest BCUT2D eigenvalue weighted by Crippen LogP contribution is -2.34. The third kappa shape index (κ3) is 4.01. The number of aromatic nitrogens is 2. The van der Waals surface area contributed by atoms with Crippen molar-refractivity contribution in [3.63, 3.8) is 0 Å². The van der Waals surface area contributed by atoms with E-state index in [4.69, 9.17) is 12.2 Å². The number of benzene rings is 1. The van der Waals surface area contributed by atoms with Crippen LogP contribution in [0.15, 0.2) is 24.3 Å². The molecule has 0 amide bonds. The molecule has 0 atom stereocenters. The van der Waals surface area contributed by atoms with Gasteiger partial charge in [0.25, 0.3) is 0 Å². The monoisotopic (exact) mass is 306 g/mol. The zero-order valence-electron chi connectivity index (χ0n) is 12.4. The molecule has 112 valence electrons. The van der Waals surface area contributed by atoms with Gasteiger partial charge in [0, 0.05) is 31.4 Å². The van der Waals surface area contributed by atoms with Gasteiger partial charge < -0.3 is 10.6 Å². The highest BCUT2D eigenvalue weighted by molar-refractivity contribution is 7.80. The molecular formula is C15H19FN4S. The van der Waals surface area contributed by atoms with Gasteiger partial charge >= 0.3 is 0 Å². The fourth-order valence-electron chi connectivity index (χ4n) is 2.09. The Bertz CT molecular complexity index is 634. The van der Waals surface area contributed by atoms with Crippen LogP contribution in [0.1, 0.15) is 22.5 Å². The minimum absolute atomic E-state index is 0.234. The van der Waals surface area contributed by atoms with Crippen LogP contribution in [0.5, 0.6) is 0 Å². The maximum atomic E-state index is 12.8. The first-order valence-corrected chi connectivity index (χ1v) is 7.13. The summed E-state index contributed by atoms with van der Waals surface area (Å²) in [5.41, 5.74) is 4.27. The first-order valence-electron chi connectivity index (χ1n) is 6.72. The van der Waals surface area contributed by atoms with E-state index >= 15 is 0 Å². The second-order valence-electron chi connectivity index (χ2n) is 4.94. The van der Waals surface area contributed by atoms with Crippen LogP contribution in [0, 0.1) is 19.7 Å². The number of hydrogen-bond donors (Lipinski definition) is 2. The average Bonchev–Trinajstić information content (AvgIpc) is 2.69. The highest BCUT2D eigenvalue weighted by Crippen LogP contribution is 2.11. The lowest BCUT2D eigenvalue weighted by Gasteiger charge is -2.11. The first-order chi connectivity index (χ1) is 9.97. The van der Waals surface area contributed by atoms with E-state index in [1.165, 1.54) is 12.1 Å². The summed E-state index contributed by atoms with van der Waals surface area (Å²) in [5, 5.41) is 11.2. The molecule has 0 fully saturated rings. The molecule has 1 aromatic heterocycles. The summed E-state index contributed by atoms with van der Waals surface area (Å²) in [6.07, 6.45) is 0. The normalized spacial score (nSPS) is 10.5. The molecule has 0 spiro atoms. The Morgan fingerprint density at radius 3 is 2.38 bits per heavy atom. The summed E-state index contributed by atoms with van der Waals surface area (Å²) in [4.78, 5) is 0. The molecule has 1 heterocycles. The van der Waals surface area contributed by atoms with Crippen molar-refractivity contribution < 1.29 is 4.39 Å². The molecule has 2 aromatic rings. The van der Waals surface area contributed by atoms with Crippen molar-refractivity contribution in [1.82, 2.24) is 20.4 Å². The average molecular weight is 306 g/mol. The maximum Gasteiger partial charge on any atom is 0.166 e. The number of hydrogen-bond acceptors (Lipinski definition) is 2. The van der Waals surface area contributed by atoms with E-state index in [2.05, 4.69) is 15.7 Å². The number of nitrogens with one attached hydrogen (secondary N) is 2. The molecule has 0 unspecified atom stereocenters. The van der Waals surface area contributed by atoms with Gasteiger partial charge in [-0.2, -0.15) is 5.10 Å². The largest absolute Gasteiger partial charge is 0.359 e. The quantitative estimate of drug-likeness (QED) is 0.851. The van der Waals surface area contributed by atoms with Crippen molar-refractivity contribution in [2.45, 2.75) is 26.9 Å². The maximum absolute atomic E-state index is 12.8. The summed E-state index contributed by atoms with van der Waals surface area (Å²) >= 11 is 5.25. The van der Waals surface area contributed by atoms with Crippen LogP contribution < -0.4 is 10.6 Å². The van der Waals surface area contributed by atoms with Crippen LogP contribution in [0.25, 0.3) is 0 Å². The molecule has 6 heteroatoms. The van der Waals surface area contributed by atoms with Crippen LogP contribution in [0.3, 0.4) is 0 Å². The predicted octanol–water partition coefficient (Wildman–Crippen LogP) is 2.34. The van der Waals surface area contributed by atoms with E-state index < -0.39 is 0 Å². The van der Waals surface area contributed by atoms with Crippen LogP contribution in [-0.2, 0) is 20.1 Å². The molecule has 0 saturated carbocycles. The first kappa shape index (κ1) is 15.4. The molecular weight excluding hydrogens is 287 g/mol. The second-order valence-corrected chi connectivity index (χ2v) is 5.34. The number of nitrogens with zero attached hydrogens (tertiary/aromatic N) is 2. The van der Waals surface area contributed by atoms with Crippen molar-refractivity contribution in [3.8, 4) is 0 Å². The molecule has 0 radical (unpaired) electrons. The number of aryl methyl sites for hydroxylation is 2. The summed E-state index contributed by atoms with van der Waals surface area (Å²) in [6.45, 7) is 5.23. The van der Waals surface area contributed by atoms with Crippen molar-refractivity contribution >= 4 is 17.3 Å². The number of thiocarbonyl (C=S) groups is 1. The van der Waals surface area contributed by atoms with Crippen LogP contribution >= 0.6 is 12.2 Å². The van der Waals surface area contributed by atoms with E-state index in [9.17, 15) is 4.39 Å². The molecule has 0 aliphatic rings. The van der Waals surface area contributed by atoms with Crippen molar-refractivity contribution in [2.75, 3.05) is 0 Å². The van der Waals surface area contributed by atoms with Gasteiger partial charge in [-0.25, -0.2) is 4.39 Å². The highest BCUT2D eigenvalue weighted by atomic mass is 32.1. The summed E-state index contributed by atoms with van der Waals surface area (Å²) in [7, 11) is 1.93. The Kier molecular flexibility index (Phi) is 4.90. The van der Waals surface area contributed by atoms with E-state index in [1.54, 1.807) is 12.1 Å². The number of rotatable bonds is 4. The standard InChI is InChI=1S/C15H19FN4S/c1-10-14(11(2)20(3)19-10)9-18-15(21)17-8-12-4-6-13(16)7-5-12/h4-7H,8-9H2,1-3H3,(H2,17,18,21). The molecule has 0 bridgehead atoms. The van der Waals surface area contributed by atoms with Gasteiger partial charge in [0.1, 0.15) is 5.82 Å². The fourth-order valence-corrected chi connectivity index (χ4v) is 2.23. The molecule has 4 nitrogen and oxygen atoms in total.